The van der Waals surface area contributed by atoms with E-state index in [1.54, 1.807) is 12.3 Å². The van der Waals surface area contributed by atoms with Crippen LogP contribution in [0.5, 0.6) is 5.75 Å². The van der Waals surface area contributed by atoms with Crippen LogP contribution in [-0.2, 0) is 6.18 Å². The predicted molar refractivity (Wildman–Crippen MR) is 116 cm³/mol. The van der Waals surface area contributed by atoms with Gasteiger partial charge in [0.25, 0.3) is 0 Å². The molecule has 170 valence electrons. The first kappa shape index (κ1) is 22.2. The number of aromatic nitrogens is 1. The number of halogens is 3. The maximum absolute atomic E-state index is 13.2. The third-order valence-corrected chi connectivity index (χ3v) is 5.97. The molecule has 2 aliphatic rings. The minimum atomic E-state index is -4.55. The number of hydrogen-bond donors (Lipinski definition) is 2. The summed E-state index contributed by atoms with van der Waals surface area (Å²) in [6, 6.07) is 7.48. The fourth-order valence-corrected chi connectivity index (χ4v) is 4.29. The number of nitrogens with one attached hydrogen (secondary N) is 2. The van der Waals surface area contributed by atoms with Crippen LogP contribution >= 0.6 is 0 Å². The van der Waals surface area contributed by atoms with Crippen molar-refractivity contribution < 1.29 is 17.9 Å². The van der Waals surface area contributed by atoms with Crippen LogP contribution in [0.15, 0.2) is 36.7 Å². The molecule has 2 fully saturated rings. The standard InChI is InChI=1S/C23H26F3N5O/c24-23(25,26)22-11-18(2-1-16(22)13-27)30-17-3-5-20(6-4-17)32-21-12-19(14-29-15-21)31-9-7-28-8-10-31/h1-2,11-12,14-15,17,20,28,30H,3-10H2. The molecule has 1 saturated heterocycles. The highest BCUT2D eigenvalue weighted by molar-refractivity contribution is 5.53. The first-order chi connectivity index (χ1) is 15.4. The second-order valence-corrected chi connectivity index (χ2v) is 8.22. The lowest BCUT2D eigenvalue weighted by atomic mass is 9.92. The molecule has 32 heavy (non-hydrogen) atoms. The summed E-state index contributed by atoms with van der Waals surface area (Å²) in [5.41, 5.74) is 0.171. The van der Waals surface area contributed by atoms with Gasteiger partial charge in [-0.25, -0.2) is 0 Å². The fourth-order valence-electron chi connectivity index (χ4n) is 4.29. The average Bonchev–Trinajstić information content (AvgIpc) is 2.80. The number of pyridine rings is 1. The highest BCUT2D eigenvalue weighted by atomic mass is 19.4. The molecular weight excluding hydrogens is 419 g/mol. The van der Waals surface area contributed by atoms with Gasteiger partial charge in [-0.3, -0.25) is 4.98 Å². The quantitative estimate of drug-likeness (QED) is 0.719. The van der Waals surface area contributed by atoms with Crippen molar-refractivity contribution >= 4 is 11.4 Å². The zero-order valence-corrected chi connectivity index (χ0v) is 17.7. The van der Waals surface area contributed by atoms with Crippen LogP contribution in [0.4, 0.5) is 24.5 Å². The van der Waals surface area contributed by atoms with Crippen LogP contribution in [0.3, 0.4) is 0 Å². The first-order valence-electron chi connectivity index (χ1n) is 10.9. The van der Waals surface area contributed by atoms with Gasteiger partial charge in [0, 0.05) is 44.0 Å². The van der Waals surface area contributed by atoms with Gasteiger partial charge in [0.15, 0.2) is 0 Å². The monoisotopic (exact) mass is 445 g/mol. The topological polar surface area (TPSA) is 73.2 Å². The molecule has 0 bridgehead atoms. The highest BCUT2D eigenvalue weighted by Gasteiger charge is 2.34. The molecule has 2 aromatic rings. The molecule has 0 amide bonds. The van der Waals surface area contributed by atoms with Crippen molar-refractivity contribution in [3.63, 3.8) is 0 Å². The summed E-state index contributed by atoms with van der Waals surface area (Å²) in [6.07, 6.45) is 2.27. The Morgan fingerprint density at radius 3 is 2.53 bits per heavy atom. The molecule has 1 aromatic heterocycles. The summed E-state index contributed by atoms with van der Waals surface area (Å²) in [5.74, 6) is 0.749. The number of anilines is 2. The molecule has 1 aliphatic carbocycles. The van der Waals surface area contributed by atoms with Crippen molar-refractivity contribution in [3.8, 4) is 11.8 Å². The van der Waals surface area contributed by atoms with E-state index >= 15 is 0 Å². The second kappa shape index (κ2) is 9.65. The molecule has 0 unspecified atom stereocenters. The maximum atomic E-state index is 13.2. The van der Waals surface area contributed by atoms with Crippen LogP contribution in [0.25, 0.3) is 0 Å². The van der Waals surface area contributed by atoms with Gasteiger partial charge in [0.1, 0.15) is 5.75 Å². The number of nitriles is 1. The van der Waals surface area contributed by atoms with Crippen molar-refractivity contribution in [2.75, 3.05) is 36.4 Å². The lowest BCUT2D eigenvalue weighted by Crippen LogP contribution is -2.43. The number of alkyl halides is 3. The molecule has 0 spiro atoms. The Labute approximate surface area is 185 Å². The van der Waals surface area contributed by atoms with E-state index in [9.17, 15) is 13.2 Å². The van der Waals surface area contributed by atoms with E-state index in [0.29, 0.717) is 5.69 Å². The zero-order chi connectivity index (χ0) is 22.6. The molecular formula is C23H26F3N5O. The SMILES string of the molecule is N#Cc1ccc(NC2CCC(Oc3cncc(N4CCNCC4)c3)CC2)cc1C(F)(F)F. The minimum Gasteiger partial charge on any atom is -0.489 e. The number of ether oxygens (including phenoxy) is 1. The van der Waals surface area contributed by atoms with E-state index < -0.39 is 11.7 Å². The Bertz CT molecular complexity index is 961. The average molecular weight is 445 g/mol. The lowest BCUT2D eigenvalue weighted by molar-refractivity contribution is -0.137. The number of hydrogen-bond acceptors (Lipinski definition) is 6. The largest absolute Gasteiger partial charge is 0.489 e. The lowest BCUT2D eigenvalue weighted by Gasteiger charge is -2.31. The summed E-state index contributed by atoms with van der Waals surface area (Å²) < 4.78 is 45.7. The van der Waals surface area contributed by atoms with Crippen LogP contribution in [-0.4, -0.2) is 43.3 Å². The summed E-state index contributed by atoms with van der Waals surface area (Å²) in [4.78, 5) is 6.61. The van der Waals surface area contributed by atoms with Crippen molar-refractivity contribution in [1.82, 2.24) is 10.3 Å². The van der Waals surface area contributed by atoms with E-state index in [4.69, 9.17) is 10.00 Å². The molecule has 9 heteroatoms. The summed E-state index contributed by atoms with van der Waals surface area (Å²) in [5, 5.41) is 15.5. The van der Waals surface area contributed by atoms with Crippen LogP contribution in [0.2, 0.25) is 0 Å². The fraction of sp³-hybridized carbons (Fsp3) is 0.478. The Morgan fingerprint density at radius 2 is 1.84 bits per heavy atom. The Hall–Kier alpha value is -2.99. The van der Waals surface area contributed by atoms with Gasteiger partial charge in [0.05, 0.1) is 41.4 Å². The van der Waals surface area contributed by atoms with Crippen molar-refractivity contribution in [1.29, 1.82) is 5.26 Å². The van der Waals surface area contributed by atoms with E-state index in [0.717, 1.165) is 69.4 Å². The van der Waals surface area contributed by atoms with Gasteiger partial charge in [-0.15, -0.1) is 0 Å². The Kier molecular flexibility index (Phi) is 6.70. The normalized spacial score (nSPS) is 21.6. The predicted octanol–water partition coefficient (Wildman–Crippen LogP) is 4.18. The van der Waals surface area contributed by atoms with Crippen LogP contribution in [0, 0.1) is 11.3 Å². The highest BCUT2D eigenvalue weighted by Crippen LogP contribution is 2.34. The molecule has 2 heterocycles. The molecule has 1 aromatic carbocycles. The van der Waals surface area contributed by atoms with Crippen molar-refractivity contribution in [3.05, 3.63) is 47.8 Å². The molecule has 6 nitrogen and oxygen atoms in total. The van der Waals surface area contributed by atoms with Gasteiger partial charge in [-0.1, -0.05) is 0 Å². The summed E-state index contributed by atoms with van der Waals surface area (Å²) in [7, 11) is 0. The second-order valence-electron chi connectivity index (χ2n) is 8.22. The van der Waals surface area contributed by atoms with Gasteiger partial charge in [0.2, 0.25) is 0 Å². The number of nitrogens with zero attached hydrogens (tertiary/aromatic N) is 3. The van der Waals surface area contributed by atoms with Crippen LogP contribution < -0.4 is 20.3 Å². The molecule has 1 aliphatic heterocycles. The van der Waals surface area contributed by atoms with E-state index in [2.05, 4.69) is 20.5 Å². The Morgan fingerprint density at radius 1 is 1.09 bits per heavy atom. The molecule has 1 saturated carbocycles. The van der Waals surface area contributed by atoms with Gasteiger partial charge >= 0.3 is 6.18 Å². The van der Waals surface area contributed by atoms with E-state index in [1.165, 1.54) is 12.1 Å². The van der Waals surface area contributed by atoms with Crippen molar-refractivity contribution in [2.45, 2.75) is 44.0 Å². The first-order valence-corrected chi connectivity index (χ1v) is 10.9. The van der Waals surface area contributed by atoms with Gasteiger partial charge in [-0.05, 0) is 43.9 Å². The van der Waals surface area contributed by atoms with Gasteiger partial charge < -0.3 is 20.3 Å². The van der Waals surface area contributed by atoms with E-state index in [1.807, 2.05) is 12.3 Å². The zero-order valence-electron chi connectivity index (χ0n) is 17.7. The number of benzene rings is 1. The number of rotatable bonds is 5. The smallest absolute Gasteiger partial charge is 0.417 e. The van der Waals surface area contributed by atoms with Gasteiger partial charge in [-0.2, -0.15) is 18.4 Å². The van der Waals surface area contributed by atoms with E-state index in [-0.39, 0.29) is 17.7 Å². The minimum absolute atomic E-state index is 0.0554. The molecule has 0 atom stereocenters. The summed E-state index contributed by atoms with van der Waals surface area (Å²) in [6.45, 7) is 3.78. The summed E-state index contributed by atoms with van der Waals surface area (Å²) >= 11 is 0. The molecule has 2 N–H and O–H groups in total. The van der Waals surface area contributed by atoms with Crippen LogP contribution in [0.1, 0.15) is 36.8 Å². The van der Waals surface area contributed by atoms with Crippen molar-refractivity contribution in [2.24, 2.45) is 0 Å². The molecule has 0 radical (unpaired) electrons. The third-order valence-electron chi connectivity index (χ3n) is 5.97. The number of piperazine rings is 1. The third kappa shape index (κ3) is 5.43. The molecule has 4 rings (SSSR count). The Balaban J connectivity index is 1.32. The maximum Gasteiger partial charge on any atom is 0.417 e.